The van der Waals surface area contributed by atoms with Crippen LogP contribution < -0.4 is 10.1 Å². The van der Waals surface area contributed by atoms with E-state index in [0.29, 0.717) is 43.9 Å². The first kappa shape index (κ1) is 28.5. The fraction of sp³-hybridized carbons (Fsp3) is 0.385. The minimum absolute atomic E-state index is 0.0801. The van der Waals surface area contributed by atoms with Crippen molar-refractivity contribution in [1.29, 1.82) is 0 Å². The van der Waals surface area contributed by atoms with Crippen LogP contribution in [0.1, 0.15) is 58.9 Å². The molecular formula is C26H28Cl2N4O4S2. The molecule has 0 radical (unpaired) electrons. The predicted molar refractivity (Wildman–Crippen MR) is 152 cm³/mol. The number of aryl methyl sites for hydroxylation is 1. The van der Waals surface area contributed by atoms with Crippen molar-refractivity contribution in [3.05, 3.63) is 62.7 Å². The summed E-state index contributed by atoms with van der Waals surface area (Å²) in [4.78, 5) is 26.7. The van der Waals surface area contributed by atoms with E-state index in [1.54, 1.807) is 24.3 Å². The van der Waals surface area contributed by atoms with Crippen molar-refractivity contribution >= 4 is 63.2 Å². The highest BCUT2D eigenvalue weighted by molar-refractivity contribution is 7.99. The normalized spacial score (nSPS) is 13.8. The fourth-order valence-electron chi connectivity index (χ4n) is 4.26. The number of halogens is 2. The van der Waals surface area contributed by atoms with E-state index >= 15 is 0 Å². The largest absolute Gasteiger partial charge is 0.481 e. The van der Waals surface area contributed by atoms with Crippen LogP contribution in [0.3, 0.4) is 0 Å². The van der Waals surface area contributed by atoms with Crippen molar-refractivity contribution in [2.45, 2.75) is 56.8 Å². The number of carbonyl (C=O) groups excluding carboxylic acids is 2. The van der Waals surface area contributed by atoms with Crippen molar-refractivity contribution in [3.63, 3.8) is 0 Å². The number of thioether (sulfide) groups is 1. The predicted octanol–water partition coefficient (Wildman–Crippen LogP) is 6.76. The summed E-state index contributed by atoms with van der Waals surface area (Å²) in [6, 6.07) is 5.00. The number of carbonyl (C=O) groups is 2. The summed E-state index contributed by atoms with van der Waals surface area (Å²) in [7, 11) is 1.36. The fourth-order valence-corrected chi connectivity index (χ4v) is 6.77. The van der Waals surface area contributed by atoms with Crippen LogP contribution in [0.5, 0.6) is 5.75 Å². The van der Waals surface area contributed by atoms with Gasteiger partial charge in [-0.3, -0.25) is 9.36 Å². The number of hydrogen-bond acceptors (Lipinski definition) is 8. The average molecular weight is 596 g/mol. The van der Waals surface area contributed by atoms with Crippen LogP contribution in [-0.4, -0.2) is 39.5 Å². The third-order valence-corrected chi connectivity index (χ3v) is 8.72. The van der Waals surface area contributed by atoms with Gasteiger partial charge in [-0.25, -0.2) is 4.79 Å². The number of rotatable bonds is 10. The molecule has 202 valence electrons. The van der Waals surface area contributed by atoms with Gasteiger partial charge in [0.2, 0.25) is 5.91 Å². The first-order valence-electron chi connectivity index (χ1n) is 12.1. The van der Waals surface area contributed by atoms with E-state index in [-0.39, 0.29) is 11.7 Å². The highest BCUT2D eigenvalue weighted by Gasteiger charge is 2.27. The number of methoxy groups -OCH3 is 1. The Bertz CT molecular complexity index is 1340. The highest BCUT2D eigenvalue weighted by Crippen LogP contribution is 2.38. The van der Waals surface area contributed by atoms with Crippen LogP contribution in [-0.2, 0) is 28.9 Å². The van der Waals surface area contributed by atoms with Gasteiger partial charge in [0.05, 0.1) is 23.4 Å². The molecule has 4 rings (SSSR count). The van der Waals surface area contributed by atoms with E-state index in [1.165, 1.54) is 30.2 Å². The average Bonchev–Trinajstić information content (AvgIpc) is 3.36. The molecule has 38 heavy (non-hydrogen) atoms. The first-order chi connectivity index (χ1) is 18.3. The number of nitrogens with one attached hydrogen (secondary N) is 1. The van der Waals surface area contributed by atoms with Crippen molar-refractivity contribution in [2.75, 3.05) is 18.2 Å². The molecule has 1 amide bonds. The van der Waals surface area contributed by atoms with E-state index in [0.717, 1.165) is 42.5 Å². The summed E-state index contributed by atoms with van der Waals surface area (Å²) in [5.74, 6) is 0.451. The molecule has 0 saturated carbocycles. The molecule has 0 aliphatic heterocycles. The van der Waals surface area contributed by atoms with Crippen LogP contribution >= 0.6 is 46.3 Å². The molecule has 1 aromatic carbocycles. The monoisotopic (exact) mass is 594 g/mol. The standard InChI is InChI=1S/C26H28Cl2N4O4S2/c1-4-12-32-23(15(2)36-19-11-10-16(27)13-18(19)28)30-31-26(32)37-14-21(33)29-24-22(25(34)35-3)17-8-6-5-7-9-20(17)38-24/h4,10-11,13,15H,1,5-9,12,14H2,2-3H3,(H,29,33). The Morgan fingerprint density at radius 3 is 2.79 bits per heavy atom. The number of ether oxygens (including phenoxy) is 2. The second kappa shape index (κ2) is 13.0. The lowest BCUT2D eigenvalue weighted by molar-refractivity contribution is -0.113. The van der Waals surface area contributed by atoms with Gasteiger partial charge in [0.25, 0.3) is 0 Å². The zero-order chi connectivity index (χ0) is 27.2. The topological polar surface area (TPSA) is 95.3 Å². The summed E-state index contributed by atoms with van der Waals surface area (Å²) < 4.78 is 12.9. The minimum Gasteiger partial charge on any atom is -0.481 e. The zero-order valence-corrected chi connectivity index (χ0v) is 24.2. The summed E-state index contributed by atoms with van der Waals surface area (Å²) in [5.41, 5.74) is 1.49. The van der Waals surface area contributed by atoms with E-state index in [4.69, 9.17) is 32.7 Å². The van der Waals surface area contributed by atoms with Crippen LogP contribution in [0.15, 0.2) is 36.0 Å². The summed E-state index contributed by atoms with van der Waals surface area (Å²) in [6.07, 6.45) is 6.19. The van der Waals surface area contributed by atoms with Gasteiger partial charge < -0.3 is 14.8 Å². The van der Waals surface area contributed by atoms with Crippen LogP contribution in [0, 0.1) is 0 Å². The zero-order valence-electron chi connectivity index (χ0n) is 21.1. The van der Waals surface area contributed by atoms with Crippen molar-refractivity contribution < 1.29 is 19.1 Å². The lowest BCUT2D eigenvalue weighted by atomic mass is 10.1. The number of thiophene rings is 1. The Kier molecular flexibility index (Phi) is 9.75. The molecule has 0 fully saturated rings. The molecule has 1 unspecified atom stereocenters. The van der Waals surface area contributed by atoms with Crippen LogP contribution in [0.25, 0.3) is 0 Å². The SMILES string of the molecule is C=CCn1c(SCC(=O)Nc2sc3c(c2C(=O)OC)CCCCC3)nnc1C(C)Oc1ccc(Cl)cc1Cl. The molecule has 0 bridgehead atoms. The third kappa shape index (κ3) is 6.54. The van der Waals surface area contributed by atoms with Gasteiger partial charge in [0.15, 0.2) is 17.1 Å². The smallest absolute Gasteiger partial charge is 0.341 e. The van der Waals surface area contributed by atoms with E-state index < -0.39 is 12.1 Å². The van der Waals surface area contributed by atoms with E-state index in [9.17, 15) is 9.59 Å². The van der Waals surface area contributed by atoms with Gasteiger partial charge in [-0.15, -0.1) is 28.1 Å². The number of aromatic nitrogens is 3. The molecule has 0 spiro atoms. The van der Waals surface area contributed by atoms with Gasteiger partial charge in [-0.1, -0.05) is 47.5 Å². The number of benzene rings is 1. The number of esters is 1. The highest BCUT2D eigenvalue weighted by atomic mass is 35.5. The molecule has 3 aromatic rings. The van der Waals surface area contributed by atoms with Crippen molar-refractivity contribution in [1.82, 2.24) is 14.8 Å². The van der Waals surface area contributed by atoms with Gasteiger partial charge in [-0.2, -0.15) is 0 Å². The van der Waals surface area contributed by atoms with Crippen molar-refractivity contribution in [3.8, 4) is 5.75 Å². The molecule has 1 atom stereocenters. The second-order valence-electron chi connectivity index (χ2n) is 8.67. The maximum atomic E-state index is 12.9. The Hall–Kier alpha value is -2.53. The Morgan fingerprint density at radius 2 is 2.05 bits per heavy atom. The van der Waals surface area contributed by atoms with E-state index in [2.05, 4.69) is 22.1 Å². The number of anilines is 1. The van der Waals surface area contributed by atoms with Gasteiger partial charge in [-0.05, 0) is 56.4 Å². The number of allylic oxidation sites excluding steroid dienone is 1. The molecule has 1 N–H and O–H groups in total. The molecule has 2 heterocycles. The van der Waals surface area contributed by atoms with Gasteiger partial charge >= 0.3 is 5.97 Å². The summed E-state index contributed by atoms with van der Waals surface area (Å²) in [5, 5.41) is 13.5. The summed E-state index contributed by atoms with van der Waals surface area (Å²) >= 11 is 14.9. The first-order valence-corrected chi connectivity index (χ1v) is 14.7. The van der Waals surface area contributed by atoms with Gasteiger partial charge in [0, 0.05) is 16.4 Å². The lowest BCUT2D eigenvalue weighted by Gasteiger charge is -2.16. The molecule has 8 nitrogen and oxygen atoms in total. The molecule has 1 aliphatic rings. The molecule has 1 aliphatic carbocycles. The number of nitrogens with zero attached hydrogens (tertiary/aromatic N) is 3. The third-order valence-electron chi connectivity index (χ3n) is 6.01. The quantitative estimate of drug-likeness (QED) is 0.120. The maximum absolute atomic E-state index is 12.9. The maximum Gasteiger partial charge on any atom is 0.341 e. The second-order valence-corrected chi connectivity index (χ2v) is 11.6. The van der Waals surface area contributed by atoms with Crippen LogP contribution in [0.2, 0.25) is 10.0 Å². The molecule has 12 heteroatoms. The molecular weight excluding hydrogens is 567 g/mol. The van der Waals surface area contributed by atoms with Gasteiger partial charge in [0.1, 0.15) is 10.8 Å². The van der Waals surface area contributed by atoms with Crippen LogP contribution in [0.4, 0.5) is 5.00 Å². The Morgan fingerprint density at radius 1 is 1.26 bits per heavy atom. The number of fused-ring (bicyclic) bond motifs is 1. The number of hydrogen-bond donors (Lipinski definition) is 1. The Labute approximate surface area is 239 Å². The molecule has 2 aromatic heterocycles. The lowest BCUT2D eigenvalue weighted by Crippen LogP contribution is -2.17. The minimum atomic E-state index is -0.478. The molecule has 0 saturated heterocycles. The number of amides is 1. The van der Waals surface area contributed by atoms with E-state index in [1.807, 2.05) is 11.5 Å². The van der Waals surface area contributed by atoms with Crippen molar-refractivity contribution in [2.24, 2.45) is 0 Å². The Balaban J connectivity index is 1.47. The summed E-state index contributed by atoms with van der Waals surface area (Å²) in [6.45, 7) is 6.09.